The molecule has 0 saturated carbocycles. The van der Waals surface area contributed by atoms with Gasteiger partial charge in [-0.3, -0.25) is 0 Å². The van der Waals surface area contributed by atoms with Gasteiger partial charge >= 0.3 is 0 Å². The number of rotatable bonds is 2. The molecule has 0 spiro atoms. The quantitative estimate of drug-likeness (QED) is 0.390. The molecule has 2 aromatic carbocycles. The van der Waals surface area contributed by atoms with Crippen molar-refractivity contribution in [2.75, 3.05) is 36.0 Å². The summed E-state index contributed by atoms with van der Waals surface area (Å²) in [4.78, 5) is 14.6. The highest BCUT2D eigenvalue weighted by Gasteiger charge is 2.22. The van der Waals surface area contributed by atoms with Crippen LogP contribution in [0.3, 0.4) is 0 Å². The van der Waals surface area contributed by atoms with E-state index in [9.17, 15) is 0 Å². The van der Waals surface area contributed by atoms with E-state index in [-0.39, 0.29) is 0 Å². The van der Waals surface area contributed by atoms with Gasteiger partial charge in [-0.15, -0.1) is 0 Å². The monoisotopic (exact) mass is 458 g/mol. The fraction of sp³-hybridized carbons (Fsp3) is 0.300. The highest BCUT2D eigenvalue weighted by atomic mass is 79.9. The van der Waals surface area contributed by atoms with Gasteiger partial charge in [-0.2, -0.15) is 0 Å². The Morgan fingerprint density at radius 2 is 1.52 bits per heavy atom. The number of hydrogen-bond acceptors (Lipinski definition) is 6. The van der Waals surface area contributed by atoms with Gasteiger partial charge in [0.05, 0.1) is 20.4 Å². The molecular weight excluding hydrogens is 440 g/mol. The van der Waals surface area contributed by atoms with Crippen molar-refractivity contribution in [3.05, 3.63) is 45.9 Å². The lowest BCUT2D eigenvalue weighted by Crippen LogP contribution is -2.46. The molecule has 2 aromatic heterocycles. The van der Waals surface area contributed by atoms with Gasteiger partial charge in [0, 0.05) is 30.7 Å². The molecule has 4 aromatic rings. The summed E-state index contributed by atoms with van der Waals surface area (Å²) in [6, 6.07) is 10.7. The summed E-state index contributed by atoms with van der Waals surface area (Å²) in [5, 5.41) is 2.27. The minimum atomic E-state index is 0.981. The van der Waals surface area contributed by atoms with Crippen LogP contribution in [0.15, 0.2) is 34.8 Å². The molecule has 3 heterocycles. The highest BCUT2D eigenvalue weighted by molar-refractivity contribution is 9.10. The average molecular weight is 459 g/mol. The van der Waals surface area contributed by atoms with E-state index in [1.807, 2.05) is 11.3 Å². The largest absolute Gasteiger partial charge is 0.345 e. The number of piperazine rings is 1. The van der Waals surface area contributed by atoms with Crippen LogP contribution in [-0.4, -0.2) is 36.1 Å². The number of nitrogens with zero attached hydrogens (tertiary/aromatic N) is 4. The third-order valence-corrected chi connectivity index (χ3v) is 7.89. The van der Waals surface area contributed by atoms with Gasteiger partial charge in [-0.05, 0) is 49.2 Å². The molecule has 4 nitrogen and oxygen atoms in total. The fourth-order valence-electron chi connectivity index (χ4n) is 3.46. The number of thiazole rings is 2. The predicted molar refractivity (Wildman–Crippen MR) is 121 cm³/mol. The van der Waals surface area contributed by atoms with Crippen LogP contribution < -0.4 is 9.80 Å². The predicted octanol–water partition coefficient (Wildman–Crippen LogP) is 5.61. The summed E-state index contributed by atoms with van der Waals surface area (Å²) in [6.07, 6.45) is 0. The van der Waals surface area contributed by atoms with Crippen LogP contribution in [-0.2, 0) is 0 Å². The van der Waals surface area contributed by atoms with Crippen molar-refractivity contribution in [3.8, 4) is 0 Å². The van der Waals surface area contributed by atoms with E-state index in [0.717, 1.165) is 51.9 Å². The fourth-order valence-corrected chi connectivity index (χ4v) is 6.11. The van der Waals surface area contributed by atoms with E-state index < -0.39 is 0 Å². The molecule has 0 unspecified atom stereocenters. The Labute approximate surface area is 174 Å². The minimum absolute atomic E-state index is 0.981. The Bertz CT molecular complexity index is 1140. The van der Waals surface area contributed by atoms with Gasteiger partial charge in [0.1, 0.15) is 0 Å². The molecule has 0 atom stereocenters. The molecule has 0 aliphatic carbocycles. The van der Waals surface area contributed by atoms with Crippen molar-refractivity contribution >= 4 is 69.3 Å². The first-order valence-corrected chi connectivity index (χ1v) is 11.4. The molecule has 0 bridgehead atoms. The summed E-state index contributed by atoms with van der Waals surface area (Å²) in [5.41, 5.74) is 4.85. The Balaban J connectivity index is 1.35. The molecule has 138 valence electrons. The summed E-state index contributed by atoms with van der Waals surface area (Å²) in [6.45, 7) is 8.26. The topological polar surface area (TPSA) is 32.3 Å². The highest BCUT2D eigenvalue weighted by Crippen LogP contribution is 2.34. The van der Waals surface area contributed by atoms with Crippen molar-refractivity contribution in [1.29, 1.82) is 0 Å². The van der Waals surface area contributed by atoms with E-state index in [1.54, 1.807) is 11.3 Å². The lowest BCUT2D eigenvalue weighted by molar-refractivity contribution is 0.651. The van der Waals surface area contributed by atoms with Crippen molar-refractivity contribution in [2.24, 2.45) is 0 Å². The van der Waals surface area contributed by atoms with Crippen molar-refractivity contribution < 1.29 is 0 Å². The maximum atomic E-state index is 4.95. The Morgan fingerprint density at radius 3 is 2.26 bits per heavy atom. The summed E-state index contributed by atoms with van der Waals surface area (Å²) in [7, 11) is 0. The number of fused-ring (bicyclic) bond motifs is 2. The number of aromatic nitrogens is 2. The van der Waals surface area contributed by atoms with Crippen LogP contribution in [0, 0.1) is 13.8 Å². The lowest BCUT2D eigenvalue weighted by Gasteiger charge is -2.34. The van der Waals surface area contributed by atoms with Crippen LogP contribution in [0.4, 0.5) is 10.3 Å². The van der Waals surface area contributed by atoms with Crippen molar-refractivity contribution in [2.45, 2.75) is 13.8 Å². The first kappa shape index (κ1) is 17.4. The molecule has 0 amide bonds. The molecule has 1 aliphatic heterocycles. The second-order valence-electron chi connectivity index (χ2n) is 6.93. The molecule has 1 aliphatic rings. The number of halogens is 1. The molecular formula is C20H19BrN4S2. The number of anilines is 2. The van der Waals surface area contributed by atoms with E-state index in [4.69, 9.17) is 9.97 Å². The molecule has 1 saturated heterocycles. The smallest absolute Gasteiger partial charge is 0.186 e. The van der Waals surface area contributed by atoms with Gasteiger partial charge in [0.25, 0.3) is 0 Å². The zero-order chi connectivity index (χ0) is 18.5. The zero-order valence-electron chi connectivity index (χ0n) is 15.2. The molecule has 0 radical (unpaired) electrons. The number of benzene rings is 2. The van der Waals surface area contributed by atoms with Crippen LogP contribution in [0.1, 0.15) is 11.1 Å². The summed E-state index contributed by atoms with van der Waals surface area (Å²) in [5.74, 6) is 0. The summed E-state index contributed by atoms with van der Waals surface area (Å²) >= 11 is 7.13. The first-order chi connectivity index (χ1) is 13.1. The molecule has 0 N–H and O–H groups in total. The molecule has 7 heteroatoms. The van der Waals surface area contributed by atoms with Gasteiger partial charge in [-0.1, -0.05) is 44.7 Å². The zero-order valence-corrected chi connectivity index (χ0v) is 18.4. The standard InChI is InChI=1S/C20H19BrN4S2/c1-12-3-6-16-18(13(12)2)23-20(26-16)25-9-7-24(8-10-25)19-22-15-5-4-14(21)11-17(15)27-19/h3-6,11H,7-10H2,1-2H3. The Hall–Kier alpha value is -1.70. The summed E-state index contributed by atoms with van der Waals surface area (Å²) < 4.78 is 3.63. The van der Waals surface area contributed by atoms with E-state index in [2.05, 4.69) is 69.9 Å². The van der Waals surface area contributed by atoms with Crippen LogP contribution in [0.5, 0.6) is 0 Å². The van der Waals surface area contributed by atoms with Gasteiger partial charge in [0.15, 0.2) is 10.3 Å². The van der Waals surface area contributed by atoms with Crippen molar-refractivity contribution in [3.63, 3.8) is 0 Å². The van der Waals surface area contributed by atoms with Crippen molar-refractivity contribution in [1.82, 2.24) is 9.97 Å². The third kappa shape index (κ3) is 3.11. The normalized spacial score (nSPS) is 15.2. The van der Waals surface area contributed by atoms with E-state index in [1.165, 1.54) is 20.5 Å². The maximum Gasteiger partial charge on any atom is 0.186 e. The molecule has 5 rings (SSSR count). The molecule has 1 fully saturated rings. The van der Waals surface area contributed by atoms with Crippen LogP contribution in [0.2, 0.25) is 0 Å². The second kappa shape index (κ2) is 6.72. The van der Waals surface area contributed by atoms with Crippen LogP contribution in [0.25, 0.3) is 20.4 Å². The van der Waals surface area contributed by atoms with E-state index in [0.29, 0.717) is 0 Å². The van der Waals surface area contributed by atoms with Gasteiger partial charge < -0.3 is 9.80 Å². The number of hydrogen-bond donors (Lipinski definition) is 0. The Kier molecular flexibility index (Phi) is 4.33. The van der Waals surface area contributed by atoms with Gasteiger partial charge in [0.2, 0.25) is 0 Å². The Morgan fingerprint density at radius 1 is 0.852 bits per heavy atom. The minimum Gasteiger partial charge on any atom is -0.345 e. The third-order valence-electron chi connectivity index (χ3n) is 5.23. The average Bonchev–Trinajstić information content (AvgIpc) is 3.29. The SMILES string of the molecule is Cc1ccc2sc(N3CCN(c4nc5ccc(Br)cc5s4)CC3)nc2c1C. The van der Waals surface area contributed by atoms with Gasteiger partial charge in [-0.25, -0.2) is 9.97 Å². The lowest BCUT2D eigenvalue weighted by atomic mass is 10.1. The van der Waals surface area contributed by atoms with Crippen LogP contribution >= 0.6 is 38.6 Å². The maximum absolute atomic E-state index is 4.95. The molecule has 27 heavy (non-hydrogen) atoms. The van der Waals surface area contributed by atoms with E-state index >= 15 is 0 Å². The first-order valence-electron chi connectivity index (χ1n) is 9.01. The number of aryl methyl sites for hydroxylation is 2. The second-order valence-corrected chi connectivity index (χ2v) is 9.87.